The van der Waals surface area contributed by atoms with Crippen molar-refractivity contribution in [2.75, 3.05) is 6.61 Å². The molecule has 0 aliphatic carbocycles. The molecule has 8 nitrogen and oxygen atoms in total. The van der Waals surface area contributed by atoms with E-state index in [1.54, 1.807) is 0 Å². The minimum Gasteiger partial charge on any atom is -0.756 e. The van der Waals surface area contributed by atoms with Crippen LogP contribution in [0.4, 0.5) is 0 Å². The van der Waals surface area contributed by atoms with Crippen molar-refractivity contribution in [1.82, 2.24) is 0 Å². The monoisotopic (exact) mass is 248 g/mol. The summed E-state index contributed by atoms with van der Waals surface area (Å²) in [6.07, 6.45) is -2.05. The van der Waals surface area contributed by atoms with Crippen LogP contribution in [0, 0.1) is 0 Å². The van der Waals surface area contributed by atoms with Gasteiger partial charge < -0.3 is 34.8 Å². The molecule has 74 valence electrons. The molecule has 0 aromatic carbocycles. The number of aliphatic carboxylic acids is 1. The molecule has 0 saturated carbocycles. The molecular formula is C3H7Na2O8P. The molecule has 0 amide bonds. The van der Waals surface area contributed by atoms with Gasteiger partial charge in [0.05, 0.1) is 12.6 Å². The maximum absolute atomic E-state index is 9.86. The summed E-state index contributed by atoms with van der Waals surface area (Å²) in [5, 5.41) is 18.0. The summed E-state index contributed by atoms with van der Waals surface area (Å²) in [6, 6.07) is 0. The molecule has 11 heteroatoms. The third-order valence-corrected chi connectivity index (χ3v) is 1.21. The van der Waals surface area contributed by atoms with Crippen molar-refractivity contribution in [1.29, 1.82) is 0 Å². The zero-order valence-corrected chi connectivity index (χ0v) is 12.6. The van der Waals surface area contributed by atoms with Gasteiger partial charge in [-0.2, -0.15) is 0 Å². The third-order valence-electron chi connectivity index (χ3n) is 0.689. The minimum absolute atomic E-state index is 0. The van der Waals surface area contributed by atoms with E-state index in [0.29, 0.717) is 0 Å². The van der Waals surface area contributed by atoms with E-state index < -0.39 is 26.5 Å². The van der Waals surface area contributed by atoms with Crippen molar-refractivity contribution in [2.45, 2.75) is 6.10 Å². The number of carbonyl (C=O) groups excluding carboxylic acids is 1. The molecule has 0 fully saturated rings. The predicted octanol–water partition coefficient (Wildman–Crippen LogP) is -10.2. The van der Waals surface area contributed by atoms with Crippen molar-refractivity contribution in [3.63, 3.8) is 0 Å². The number of rotatable bonds is 4. The van der Waals surface area contributed by atoms with Gasteiger partial charge in [-0.15, -0.1) is 0 Å². The number of aliphatic hydroxyl groups is 1. The molecule has 0 rings (SSSR count). The number of carboxylic acids is 1. The van der Waals surface area contributed by atoms with E-state index in [1.165, 1.54) is 0 Å². The van der Waals surface area contributed by atoms with Crippen LogP contribution in [0.25, 0.3) is 0 Å². The zero-order valence-electron chi connectivity index (χ0n) is 7.67. The summed E-state index contributed by atoms with van der Waals surface area (Å²) in [5.41, 5.74) is 0. The number of aliphatic hydroxyl groups excluding tert-OH is 1. The Balaban J connectivity index is -0.000000167. The normalized spacial score (nSPS) is 14.8. The average molecular weight is 248 g/mol. The average Bonchev–Trinajstić information content (AvgIpc) is 1.80. The Morgan fingerprint density at radius 2 is 1.86 bits per heavy atom. The third kappa shape index (κ3) is 13.5. The second-order valence-electron chi connectivity index (χ2n) is 1.56. The van der Waals surface area contributed by atoms with Crippen LogP contribution >= 0.6 is 7.82 Å². The van der Waals surface area contributed by atoms with Crippen molar-refractivity contribution in [2.24, 2.45) is 0 Å². The van der Waals surface area contributed by atoms with Crippen LogP contribution in [0.3, 0.4) is 0 Å². The van der Waals surface area contributed by atoms with E-state index in [4.69, 9.17) is 10.00 Å². The standard InChI is InChI=1S/C3H7O7P.2Na.H2O/c4-1-2(3(5)6)10-11(7,8)9;;;/h2,4H,1H2,(H,5,6)(H2,7,8,9);;;1H2/q;2*+1;/p-2/t2-;;;/m1.../s1. The van der Waals surface area contributed by atoms with Crippen molar-refractivity contribution < 1.29 is 98.5 Å². The summed E-state index contributed by atoms with van der Waals surface area (Å²) in [5.74, 6) is -1.92. The van der Waals surface area contributed by atoms with Gasteiger partial charge in [0.2, 0.25) is 0 Å². The maximum Gasteiger partial charge on any atom is 1.00 e. The van der Waals surface area contributed by atoms with E-state index >= 15 is 0 Å². The number of carbonyl (C=O) groups is 1. The first-order chi connectivity index (χ1) is 4.87. The molecule has 0 aliphatic heterocycles. The van der Waals surface area contributed by atoms with Crippen molar-refractivity contribution >= 4 is 13.8 Å². The first-order valence-electron chi connectivity index (χ1n) is 2.40. The molecule has 0 aromatic rings. The van der Waals surface area contributed by atoms with Crippen LogP contribution in [0.15, 0.2) is 0 Å². The fourth-order valence-electron chi connectivity index (χ4n) is 0.312. The predicted molar refractivity (Wildman–Crippen MR) is 30.4 cm³/mol. The fraction of sp³-hybridized carbons (Fsp3) is 0.667. The van der Waals surface area contributed by atoms with Crippen LogP contribution < -0.4 is 69.1 Å². The topological polar surface area (TPSA) is 161 Å². The van der Waals surface area contributed by atoms with Gasteiger partial charge in [-0.25, -0.2) is 0 Å². The Labute approximate surface area is 124 Å². The van der Waals surface area contributed by atoms with Crippen molar-refractivity contribution in [3.05, 3.63) is 0 Å². The van der Waals surface area contributed by atoms with Gasteiger partial charge in [0, 0.05) is 0 Å². The summed E-state index contributed by atoms with van der Waals surface area (Å²) in [6.45, 7) is -1.09. The number of hydrogen-bond acceptors (Lipinski definition) is 6. The first kappa shape index (κ1) is 24.6. The molecule has 0 saturated heterocycles. The van der Waals surface area contributed by atoms with Crippen LogP contribution in [0.1, 0.15) is 0 Å². The second-order valence-corrected chi connectivity index (χ2v) is 2.71. The molecule has 4 N–H and O–H groups in total. The smallest absolute Gasteiger partial charge is 0.756 e. The summed E-state index contributed by atoms with van der Waals surface area (Å²) in [4.78, 5) is 27.6. The zero-order chi connectivity index (χ0) is 9.07. The molecular weight excluding hydrogens is 241 g/mol. The summed E-state index contributed by atoms with van der Waals surface area (Å²) < 4.78 is 13.4. The molecule has 14 heavy (non-hydrogen) atoms. The Morgan fingerprint density at radius 1 is 1.50 bits per heavy atom. The van der Waals surface area contributed by atoms with Gasteiger partial charge >= 0.3 is 59.1 Å². The van der Waals surface area contributed by atoms with E-state index in [-0.39, 0.29) is 64.6 Å². The number of carboxylic acid groups (broad SMARTS) is 1. The van der Waals surface area contributed by atoms with E-state index in [9.17, 15) is 19.4 Å². The van der Waals surface area contributed by atoms with Gasteiger partial charge in [0.1, 0.15) is 6.10 Å². The number of phosphoric acid groups is 1. The van der Waals surface area contributed by atoms with Crippen LogP contribution in [0.5, 0.6) is 0 Å². The molecule has 0 aliphatic rings. The van der Waals surface area contributed by atoms with E-state index in [0.717, 1.165) is 0 Å². The Bertz CT molecular complexity index is 191. The van der Waals surface area contributed by atoms with Crippen LogP contribution in [0.2, 0.25) is 0 Å². The fourth-order valence-corrected chi connectivity index (χ4v) is 0.786. The maximum atomic E-state index is 9.86. The van der Waals surface area contributed by atoms with Crippen LogP contribution in [-0.4, -0.2) is 34.2 Å². The number of hydrogen-bond donors (Lipinski definition) is 2. The molecule has 1 unspecified atom stereocenters. The van der Waals surface area contributed by atoms with Crippen molar-refractivity contribution in [3.8, 4) is 0 Å². The second kappa shape index (κ2) is 11.0. The molecule has 0 bridgehead atoms. The number of phosphoric ester groups is 1. The van der Waals surface area contributed by atoms with E-state index in [1.807, 2.05) is 0 Å². The van der Waals surface area contributed by atoms with Gasteiger partial charge in [-0.05, 0) is 0 Å². The quantitative estimate of drug-likeness (QED) is 0.368. The minimum atomic E-state index is -5.12. The van der Waals surface area contributed by atoms with Gasteiger partial charge in [-0.3, -0.25) is 4.57 Å². The summed E-state index contributed by atoms with van der Waals surface area (Å²) >= 11 is 0. The Hall–Kier alpha value is 1.50. The Morgan fingerprint density at radius 3 is 1.93 bits per heavy atom. The largest absolute Gasteiger partial charge is 1.00 e. The van der Waals surface area contributed by atoms with Crippen LogP contribution in [-0.2, 0) is 13.9 Å². The van der Waals surface area contributed by atoms with Gasteiger partial charge in [0.25, 0.3) is 7.82 Å². The first-order valence-corrected chi connectivity index (χ1v) is 3.90. The Kier molecular flexibility index (Phi) is 19.4. The van der Waals surface area contributed by atoms with E-state index in [2.05, 4.69) is 4.52 Å². The molecule has 0 radical (unpaired) electrons. The molecule has 0 spiro atoms. The molecule has 0 heterocycles. The van der Waals surface area contributed by atoms with Gasteiger partial charge in [-0.1, -0.05) is 0 Å². The van der Waals surface area contributed by atoms with Gasteiger partial charge in [0.15, 0.2) is 0 Å². The summed E-state index contributed by atoms with van der Waals surface area (Å²) in [7, 11) is -5.12. The SMILES string of the molecule is O.O=C([O-])[C@@H](CO)OP(=O)([O-])O.[Na+].[Na+]. The molecule has 2 atom stereocenters. The molecule has 0 aromatic heterocycles.